The molecule has 0 aliphatic carbocycles. The number of hydrogen-bond acceptors (Lipinski definition) is 9. The van der Waals surface area contributed by atoms with Crippen molar-refractivity contribution in [3.8, 4) is 23.0 Å². The summed E-state index contributed by atoms with van der Waals surface area (Å²) in [6.07, 6.45) is 5.94. The number of nitrogens with zero attached hydrogens (tertiary/aromatic N) is 6. The van der Waals surface area contributed by atoms with E-state index in [9.17, 15) is 4.79 Å². The molecule has 0 atom stereocenters. The number of carbonyl (C=O) groups excluding carboxylic acids is 1. The maximum atomic E-state index is 13.2. The number of ether oxygens (including phenoxy) is 1. The molecule has 2 aromatic carbocycles. The number of amides is 1. The van der Waals surface area contributed by atoms with E-state index < -0.39 is 0 Å². The number of furan rings is 1. The van der Waals surface area contributed by atoms with Gasteiger partial charge in [-0.15, -0.1) is 21.5 Å². The lowest BCUT2D eigenvalue weighted by molar-refractivity contribution is 0.0645. The number of rotatable bonds is 10. The molecule has 9 nitrogen and oxygen atoms in total. The molecule has 3 aromatic heterocycles. The van der Waals surface area contributed by atoms with Crippen LogP contribution in [0.2, 0.25) is 0 Å². The summed E-state index contributed by atoms with van der Waals surface area (Å²) in [6.45, 7) is 3.94. The highest BCUT2D eigenvalue weighted by molar-refractivity contribution is 7.98. The Hall–Kier alpha value is -4.19. The molecule has 11 heteroatoms. The number of benzene rings is 2. The van der Waals surface area contributed by atoms with E-state index in [1.165, 1.54) is 28.7 Å². The Balaban J connectivity index is 1.08. The monoisotopic (exact) mass is 598 g/mol. The van der Waals surface area contributed by atoms with Crippen molar-refractivity contribution in [1.82, 2.24) is 29.5 Å². The molecule has 6 rings (SSSR count). The number of para-hydroxylation sites is 2. The number of hydrogen-bond donors (Lipinski definition) is 0. The van der Waals surface area contributed by atoms with Crippen LogP contribution in [0.15, 0.2) is 94.0 Å². The zero-order valence-electron chi connectivity index (χ0n) is 23.1. The molecule has 0 saturated carbocycles. The molecule has 1 saturated heterocycles. The summed E-state index contributed by atoms with van der Waals surface area (Å²) in [5.41, 5.74) is 2.50. The van der Waals surface area contributed by atoms with E-state index in [2.05, 4.69) is 44.4 Å². The number of piperazine rings is 1. The van der Waals surface area contributed by atoms with Gasteiger partial charge in [-0.25, -0.2) is 4.98 Å². The first-order chi connectivity index (χ1) is 20.7. The van der Waals surface area contributed by atoms with Gasteiger partial charge in [0.05, 0.1) is 24.8 Å². The molecular weight excluding hydrogens is 569 g/mol. The van der Waals surface area contributed by atoms with Gasteiger partial charge < -0.3 is 14.1 Å². The van der Waals surface area contributed by atoms with Crippen molar-refractivity contribution < 1.29 is 13.9 Å². The SMILES string of the molecule is COc1ccccc1-n1c(SCc2nc(C(=O)N3CCN(CC=Cc4ccccc4)CC3)cs2)nnc1-c1ccco1. The second-order valence-electron chi connectivity index (χ2n) is 9.61. The molecule has 0 unspecified atom stereocenters. The van der Waals surface area contributed by atoms with Gasteiger partial charge in [0, 0.05) is 38.1 Å². The summed E-state index contributed by atoms with van der Waals surface area (Å²) in [7, 11) is 1.64. The summed E-state index contributed by atoms with van der Waals surface area (Å²) in [5.74, 6) is 2.41. The summed E-state index contributed by atoms with van der Waals surface area (Å²) in [4.78, 5) is 22.2. The molecule has 0 spiro atoms. The summed E-state index contributed by atoms with van der Waals surface area (Å²) >= 11 is 2.99. The van der Waals surface area contributed by atoms with Gasteiger partial charge in [-0.1, -0.05) is 66.4 Å². The molecule has 1 aliphatic rings. The maximum absolute atomic E-state index is 13.2. The molecule has 0 bridgehead atoms. The van der Waals surface area contributed by atoms with E-state index in [0.717, 1.165) is 30.3 Å². The molecule has 42 heavy (non-hydrogen) atoms. The van der Waals surface area contributed by atoms with Crippen LogP contribution in [-0.2, 0) is 5.75 Å². The van der Waals surface area contributed by atoms with Gasteiger partial charge in [-0.3, -0.25) is 14.3 Å². The van der Waals surface area contributed by atoms with Gasteiger partial charge in [-0.2, -0.15) is 0 Å². The Morgan fingerprint density at radius 2 is 1.83 bits per heavy atom. The van der Waals surface area contributed by atoms with Crippen molar-refractivity contribution in [3.05, 3.63) is 101 Å². The number of aromatic nitrogens is 4. The molecule has 1 fully saturated rings. The molecule has 1 aliphatic heterocycles. The molecule has 5 aromatic rings. The normalized spacial score (nSPS) is 14.1. The van der Waals surface area contributed by atoms with Crippen molar-refractivity contribution in [2.45, 2.75) is 10.9 Å². The topological polar surface area (TPSA) is 89.5 Å². The molecule has 1 amide bonds. The fourth-order valence-corrected chi connectivity index (χ4v) is 6.49. The lowest BCUT2D eigenvalue weighted by Gasteiger charge is -2.33. The zero-order valence-corrected chi connectivity index (χ0v) is 24.8. The first-order valence-electron chi connectivity index (χ1n) is 13.6. The Bertz CT molecular complexity index is 1640. The van der Waals surface area contributed by atoms with Crippen LogP contribution in [0.25, 0.3) is 23.3 Å². The minimum Gasteiger partial charge on any atom is -0.495 e. The first kappa shape index (κ1) is 28.0. The highest BCUT2D eigenvalue weighted by Gasteiger charge is 2.24. The molecule has 0 radical (unpaired) electrons. The van der Waals surface area contributed by atoms with Gasteiger partial charge in [0.1, 0.15) is 16.5 Å². The standard InChI is InChI=1S/C31H30N6O3S2/c1-39-26-13-6-5-12-25(26)37-29(27-14-8-20-40-27)33-34-31(37)42-22-28-32-24(21-41-28)30(38)36-18-16-35(17-19-36)15-7-11-23-9-3-2-4-10-23/h2-14,20-21H,15-19,22H2,1H3. The molecule has 214 valence electrons. The Kier molecular flexibility index (Phi) is 8.78. The van der Waals surface area contributed by atoms with Gasteiger partial charge in [0.25, 0.3) is 5.91 Å². The molecule has 0 N–H and O–H groups in total. The summed E-state index contributed by atoms with van der Waals surface area (Å²) < 4.78 is 13.2. The largest absolute Gasteiger partial charge is 0.495 e. The number of thioether (sulfide) groups is 1. The average Bonchev–Trinajstić information content (AvgIpc) is 3.82. The molecular formula is C31H30N6O3S2. The number of carbonyl (C=O) groups is 1. The quantitative estimate of drug-likeness (QED) is 0.188. The fraction of sp³-hybridized carbons (Fsp3) is 0.226. The van der Waals surface area contributed by atoms with E-state index in [0.29, 0.717) is 47.0 Å². The van der Waals surface area contributed by atoms with Gasteiger partial charge in [-0.05, 0) is 29.8 Å². The van der Waals surface area contributed by atoms with Crippen LogP contribution in [-0.4, -0.2) is 75.3 Å². The Morgan fingerprint density at radius 3 is 2.62 bits per heavy atom. The van der Waals surface area contributed by atoms with E-state index in [1.54, 1.807) is 13.4 Å². The minimum absolute atomic E-state index is 0.0146. The van der Waals surface area contributed by atoms with Crippen molar-refractivity contribution in [3.63, 3.8) is 0 Å². The van der Waals surface area contributed by atoms with Crippen LogP contribution in [0.1, 0.15) is 21.1 Å². The van der Waals surface area contributed by atoms with E-state index in [-0.39, 0.29) is 5.91 Å². The maximum Gasteiger partial charge on any atom is 0.273 e. The Morgan fingerprint density at radius 1 is 1.02 bits per heavy atom. The Labute approximate surface area is 252 Å². The van der Waals surface area contributed by atoms with Gasteiger partial charge in [0.15, 0.2) is 10.9 Å². The van der Waals surface area contributed by atoms with Crippen LogP contribution >= 0.6 is 23.1 Å². The van der Waals surface area contributed by atoms with Gasteiger partial charge >= 0.3 is 0 Å². The predicted octanol–water partition coefficient (Wildman–Crippen LogP) is 5.76. The smallest absolute Gasteiger partial charge is 0.273 e. The van der Waals surface area contributed by atoms with Crippen LogP contribution < -0.4 is 4.74 Å². The fourth-order valence-electron chi connectivity index (χ4n) is 4.76. The lowest BCUT2D eigenvalue weighted by atomic mass is 10.2. The second-order valence-corrected chi connectivity index (χ2v) is 11.5. The van der Waals surface area contributed by atoms with Crippen molar-refractivity contribution in [2.24, 2.45) is 0 Å². The van der Waals surface area contributed by atoms with Crippen molar-refractivity contribution >= 4 is 35.1 Å². The summed E-state index contributed by atoms with van der Waals surface area (Å²) in [5, 5.41) is 12.2. The van der Waals surface area contributed by atoms with E-state index in [1.807, 2.05) is 69.4 Å². The van der Waals surface area contributed by atoms with Gasteiger partial charge in [0.2, 0.25) is 5.82 Å². The highest BCUT2D eigenvalue weighted by atomic mass is 32.2. The second kappa shape index (κ2) is 13.2. The highest BCUT2D eigenvalue weighted by Crippen LogP contribution is 2.34. The van der Waals surface area contributed by atoms with Crippen LogP contribution in [0, 0.1) is 0 Å². The van der Waals surface area contributed by atoms with Crippen molar-refractivity contribution in [2.75, 3.05) is 39.8 Å². The number of thiazole rings is 1. The third kappa shape index (κ3) is 6.33. The third-order valence-corrected chi connectivity index (χ3v) is 8.90. The third-order valence-electron chi connectivity index (χ3n) is 6.93. The van der Waals surface area contributed by atoms with Crippen molar-refractivity contribution in [1.29, 1.82) is 0 Å². The van der Waals surface area contributed by atoms with Crippen LogP contribution in [0.5, 0.6) is 5.75 Å². The average molecular weight is 599 g/mol. The zero-order chi connectivity index (χ0) is 28.7. The first-order valence-corrected chi connectivity index (χ1v) is 15.5. The van der Waals surface area contributed by atoms with Crippen LogP contribution in [0.4, 0.5) is 0 Å². The summed E-state index contributed by atoms with van der Waals surface area (Å²) in [6, 6.07) is 21.7. The van der Waals surface area contributed by atoms with Crippen LogP contribution in [0.3, 0.4) is 0 Å². The predicted molar refractivity (Wildman–Crippen MR) is 165 cm³/mol. The van der Waals surface area contributed by atoms with E-state index in [4.69, 9.17) is 9.15 Å². The number of methoxy groups -OCH3 is 1. The van der Waals surface area contributed by atoms with E-state index >= 15 is 0 Å². The molecule has 4 heterocycles. The minimum atomic E-state index is -0.0146. The lowest BCUT2D eigenvalue weighted by Crippen LogP contribution is -2.48.